The Hall–Kier alpha value is -8.25. The van der Waals surface area contributed by atoms with Gasteiger partial charge in [0, 0.05) is 27.5 Å². The molecule has 29 heteroatoms. The van der Waals surface area contributed by atoms with Crippen molar-refractivity contribution in [2.24, 2.45) is 5.73 Å². The van der Waals surface area contributed by atoms with Crippen molar-refractivity contribution in [1.29, 1.82) is 0 Å². The zero-order valence-corrected chi connectivity index (χ0v) is 41.1. The molecule has 7 heterocycles. The lowest BCUT2D eigenvalue weighted by Gasteiger charge is -2.23. The van der Waals surface area contributed by atoms with Crippen LogP contribution in [-0.4, -0.2) is 106 Å². The van der Waals surface area contributed by atoms with Crippen LogP contribution in [0.3, 0.4) is 0 Å². The molecule has 10 bridgehead atoms. The summed E-state index contributed by atoms with van der Waals surface area (Å²) in [6.07, 6.45) is 2.53. The number of amides is 8. The minimum atomic E-state index is -1.54. The van der Waals surface area contributed by atoms with Crippen molar-refractivity contribution in [3.8, 4) is 22.0 Å². The summed E-state index contributed by atoms with van der Waals surface area (Å²) in [7, 11) is 0. The van der Waals surface area contributed by atoms with Crippen LogP contribution in [0, 0.1) is 0 Å². The SMILES string of the molecule is C=C(NC(=O)c1ccc2c(n1)-c1coc(n1)C(=C)NC(=O)C(=C)NC(=O)c1csc(n1)[C@@H](C)NC(=O)c1csc(n1)CNC(=O)c1coc(n1)[C@@H](CSC)NC(=O)[C@H]([C@@H](C)O)NC(=O)c1csc-2n1)C(N)=O. The quantitative estimate of drug-likeness (QED) is 0.108. The molecule has 0 fully saturated rings. The fourth-order valence-electron chi connectivity index (χ4n) is 6.20. The number of nitrogens with zero attached hydrogens (tertiary/aromatic N) is 6. The molecule has 6 aromatic heterocycles. The lowest BCUT2D eigenvalue weighted by molar-refractivity contribution is -0.126. The number of carbonyl (C=O) groups excluding carboxylic acids is 8. The average Bonchev–Trinajstić information content (AvgIpc) is 4.21. The Labute approximate surface area is 422 Å². The molecule has 8 amide bonds. The van der Waals surface area contributed by atoms with E-state index in [0.717, 1.165) is 46.5 Å². The minimum Gasteiger partial charge on any atom is -0.446 e. The van der Waals surface area contributed by atoms with Gasteiger partial charge in [0.2, 0.25) is 17.7 Å². The Morgan fingerprint density at radius 1 is 0.819 bits per heavy atom. The van der Waals surface area contributed by atoms with Gasteiger partial charge < -0.3 is 56.9 Å². The van der Waals surface area contributed by atoms with E-state index in [1.54, 1.807) is 13.2 Å². The van der Waals surface area contributed by atoms with Crippen LogP contribution in [0.15, 0.2) is 80.8 Å². The van der Waals surface area contributed by atoms with Gasteiger partial charge in [-0.05, 0) is 32.2 Å². The largest absolute Gasteiger partial charge is 0.446 e. The molecule has 1 aliphatic rings. The molecule has 72 heavy (non-hydrogen) atoms. The van der Waals surface area contributed by atoms with E-state index in [-0.39, 0.29) is 80.2 Å². The number of pyridine rings is 1. The van der Waals surface area contributed by atoms with E-state index in [2.05, 4.69) is 86.9 Å². The van der Waals surface area contributed by atoms with Crippen LogP contribution in [-0.2, 0) is 20.9 Å². The van der Waals surface area contributed by atoms with Crippen LogP contribution in [0.25, 0.3) is 27.7 Å². The number of thioether (sulfide) groups is 1. The second-order valence-corrected chi connectivity index (χ2v) is 18.8. The fraction of sp³-hybridized carbons (Fsp3) is 0.209. The van der Waals surface area contributed by atoms with E-state index in [0.29, 0.717) is 10.0 Å². The molecule has 0 saturated heterocycles. The van der Waals surface area contributed by atoms with Gasteiger partial charge in [-0.15, -0.1) is 34.0 Å². The highest BCUT2D eigenvalue weighted by Gasteiger charge is 2.32. The average molecular weight is 1060 g/mol. The number of primary amides is 1. The smallest absolute Gasteiger partial charge is 0.275 e. The number of aliphatic hydroxyl groups is 1. The topological polar surface area (TPSA) is 371 Å². The first-order valence-electron chi connectivity index (χ1n) is 20.8. The lowest BCUT2D eigenvalue weighted by atomic mass is 10.1. The van der Waals surface area contributed by atoms with Crippen LogP contribution < -0.4 is 43.0 Å². The van der Waals surface area contributed by atoms with Gasteiger partial charge in [0.25, 0.3) is 41.4 Å². The third-order valence-corrected chi connectivity index (χ3v) is 13.3. The fourth-order valence-corrected chi connectivity index (χ4v) is 9.11. The molecule has 0 radical (unpaired) electrons. The number of nitrogens with one attached hydrogen (secondary N) is 7. The Morgan fingerprint density at radius 2 is 1.50 bits per heavy atom. The van der Waals surface area contributed by atoms with Crippen molar-refractivity contribution < 1.29 is 52.3 Å². The van der Waals surface area contributed by atoms with Gasteiger partial charge in [0.05, 0.1) is 35.8 Å². The number of oxazole rings is 2. The Balaban J connectivity index is 1.20. The van der Waals surface area contributed by atoms with Crippen molar-refractivity contribution in [3.63, 3.8) is 0 Å². The molecule has 372 valence electrons. The summed E-state index contributed by atoms with van der Waals surface area (Å²) in [5.41, 5.74) is 3.72. The predicted octanol–water partition coefficient (Wildman–Crippen LogP) is 1.95. The zero-order chi connectivity index (χ0) is 52.0. The second kappa shape index (κ2) is 22.2. The van der Waals surface area contributed by atoms with Gasteiger partial charge >= 0.3 is 0 Å². The minimum absolute atomic E-state index is 0.0367. The number of hydrogen-bond donors (Lipinski definition) is 9. The monoisotopic (exact) mass is 1060 g/mol. The number of fused-ring (bicyclic) bond motifs is 13. The van der Waals surface area contributed by atoms with Gasteiger partial charge in [-0.25, -0.2) is 29.9 Å². The molecule has 25 nitrogen and oxygen atoms in total. The van der Waals surface area contributed by atoms with E-state index in [9.17, 15) is 43.5 Å². The maximum absolute atomic E-state index is 13.7. The van der Waals surface area contributed by atoms with Gasteiger partial charge in [0.15, 0.2) is 5.69 Å². The number of thiazole rings is 3. The van der Waals surface area contributed by atoms with Gasteiger partial charge in [-0.1, -0.05) is 19.7 Å². The molecule has 0 saturated carbocycles. The molecule has 7 rings (SSSR count). The summed E-state index contributed by atoms with van der Waals surface area (Å²) in [6.45, 7) is 13.7. The third kappa shape index (κ3) is 12.0. The van der Waals surface area contributed by atoms with Gasteiger partial charge in [-0.3, -0.25) is 38.4 Å². The normalized spacial score (nSPS) is 17.9. The molecule has 6 aromatic rings. The summed E-state index contributed by atoms with van der Waals surface area (Å²) in [6, 6.07) is -0.454. The first-order chi connectivity index (χ1) is 34.3. The van der Waals surface area contributed by atoms with E-state index >= 15 is 0 Å². The molecule has 0 unspecified atom stereocenters. The number of nitrogens with two attached hydrogens (primary N) is 1. The second-order valence-electron chi connectivity index (χ2n) is 15.2. The summed E-state index contributed by atoms with van der Waals surface area (Å²) in [5.74, 6) is -6.60. The molecule has 0 aliphatic carbocycles. The molecule has 10 N–H and O–H groups in total. The van der Waals surface area contributed by atoms with E-state index < -0.39 is 82.9 Å². The predicted molar refractivity (Wildman–Crippen MR) is 260 cm³/mol. The summed E-state index contributed by atoms with van der Waals surface area (Å²) in [5, 5.41) is 33.5. The summed E-state index contributed by atoms with van der Waals surface area (Å²) < 4.78 is 11.2. The first kappa shape index (κ1) is 51.6. The van der Waals surface area contributed by atoms with Crippen molar-refractivity contribution in [2.45, 2.75) is 44.6 Å². The Morgan fingerprint density at radius 3 is 2.24 bits per heavy atom. The van der Waals surface area contributed by atoms with Crippen LogP contribution in [0.1, 0.15) is 100 Å². The third-order valence-electron chi connectivity index (χ3n) is 9.88. The van der Waals surface area contributed by atoms with Crippen molar-refractivity contribution in [3.05, 3.63) is 122 Å². The first-order valence-corrected chi connectivity index (χ1v) is 24.8. The van der Waals surface area contributed by atoms with Crippen molar-refractivity contribution in [2.75, 3.05) is 12.0 Å². The van der Waals surface area contributed by atoms with E-state index in [4.69, 9.17) is 14.6 Å². The van der Waals surface area contributed by atoms with Crippen LogP contribution in [0.5, 0.6) is 0 Å². The number of rotatable bonds is 6. The number of carbonyl (C=O) groups is 8. The van der Waals surface area contributed by atoms with Crippen molar-refractivity contribution >= 4 is 98.7 Å². The summed E-state index contributed by atoms with van der Waals surface area (Å²) in [4.78, 5) is 131. The van der Waals surface area contributed by atoms with E-state index in [1.165, 1.54) is 47.0 Å². The molecule has 0 aromatic carbocycles. The highest BCUT2D eigenvalue weighted by molar-refractivity contribution is 7.98. The molecule has 4 atom stereocenters. The van der Waals surface area contributed by atoms with Gasteiger partial charge in [0.1, 0.15) is 73.8 Å². The number of hydrogen-bond acceptors (Lipinski definition) is 21. The highest BCUT2D eigenvalue weighted by Crippen LogP contribution is 2.33. The van der Waals surface area contributed by atoms with Crippen molar-refractivity contribution in [1.82, 2.24) is 67.1 Å². The Kier molecular flexibility index (Phi) is 15.9. The number of aliphatic hydroxyl groups excluding tert-OH is 1. The molecule has 1 aliphatic heterocycles. The van der Waals surface area contributed by atoms with Gasteiger partial charge in [-0.2, -0.15) is 11.8 Å². The van der Waals surface area contributed by atoms with Crippen LogP contribution in [0.4, 0.5) is 0 Å². The lowest BCUT2D eigenvalue weighted by Crippen LogP contribution is -2.53. The molecular weight excluding hydrogens is 1020 g/mol. The Bertz CT molecular complexity index is 3190. The maximum atomic E-state index is 13.7. The van der Waals surface area contributed by atoms with Crippen LogP contribution >= 0.6 is 45.8 Å². The van der Waals surface area contributed by atoms with Crippen LogP contribution in [0.2, 0.25) is 0 Å². The summed E-state index contributed by atoms with van der Waals surface area (Å²) >= 11 is 4.45. The standard InChI is InChI=1S/C43H40N14O11S4/c1-16(32(44)59)46-35(62)22-8-7-21-31(51-22)23-10-67-40(53-23)18(3)48-33(60)17(2)47-37(64)26-14-71-42(55-26)19(4)49-36(63)25-13-70-29(50-25)9-45-34(61)24-11-68-41(54-24)28(12-69-6)52-39(66)30(20(5)58)57-38(65)27-15-72-43(21)56-27/h7-8,10-11,13-15,19-20,28,30,58H,1-3,9,12H2,4-6H3,(H2,44,59)(H,45,61)(H,46,62)(H,47,64)(H,48,60)(H,49,63)(H,52,66)(H,57,65)/t19-,20-,28-,30+/m1/s1. The molecule has 0 spiro atoms. The highest BCUT2D eigenvalue weighted by atomic mass is 32.2. The number of aromatic nitrogens is 6. The maximum Gasteiger partial charge on any atom is 0.275 e. The van der Waals surface area contributed by atoms with E-state index in [1.807, 2.05) is 0 Å². The molecular formula is C43H40N14O11S4. The zero-order valence-electron chi connectivity index (χ0n) is 37.8.